The predicted octanol–water partition coefficient (Wildman–Crippen LogP) is 1.49. The predicted molar refractivity (Wildman–Crippen MR) is 74.5 cm³/mol. The minimum absolute atomic E-state index is 0.379. The molecule has 0 heterocycles. The number of ether oxygens (including phenoxy) is 1. The zero-order valence-corrected chi connectivity index (χ0v) is 11.8. The highest BCUT2D eigenvalue weighted by atomic mass is 16.5. The van der Waals surface area contributed by atoms with Crippen LogP contribution in [0.2, 0.25) is 0 Å². The van der Waals surface area contributed by atoms with Gasteiger partial charge in [-0.3, -0.25) is 4.79 Å². The number of benzene rings is 1. The van der Waals surface area contributed by atoms with E-state index in [4.69, 9.17) is 15.6 Å². The molecule has 0 aliphatic rings. The van der Waals surface area contributed by atoms with Gasteiger partial charge in [-0.25, -0.2) is 0 Å². The Bertz CT molecular complexity index is 446. The first-order valence-electron chi connectivity index (χ1n) is 6.25. The quantitative estimate of drug-likeness (QED) is 0.726. The molecule has 5 nitrogen and oxygen atoms in total. The zero-order chi connectivity index (χ0) is 14.6. The molecule has 0 amide bonds. The summed E-state index contributed by atoms with van der Waals surface area (Å²) in [5.74, 6) is -0.0132. The average Bonchev–Trinajstić information content (AvgIpc) is 2.39. The minimum Gasteiger partial charge on any atom is -0.496 e. The number of carbonyl (C=O) groups is 1. The first-order chi connectivity index (χ1) is 8.92. The highest BCUT2D eigenvalue weighted by molar-refractivity contribution is 5.74. The Labute approximate surface area is 113 Å². The third kappa shape index (κ3) is 3.45. The summed E-state index contributed by atoms with van der Waals surface area (Å²) in [7, 11) is 3.26. The molecular weight excluding hydrogens is 244 g/mol. The Hall–Kier alpha value is -1.59. The molecule has 0 bridgehead atoms. The number of hydrogen-bond acceptors (Lipinski definition) is 4. The van der Waals surface area contributed by atoms with Crippen LogP contribution < -0.4 is 15.8 Å². The Morgan fingerprint density at radius 1 is 1.42 bits per heavy atom. The van der Waals surface area contributed by atoms with Gasteiger partial charge in [0, 0.05) is 5.56 Å². The van der Waals surface area contributed by atoms with Crippen molar-refractivity contribution in [1.29, 1.82) is 0 Å². The van der Waals surface area contributed by atoms with E-state index < -0.39 is 18.1 Å². The summed E-state index contributed by atoms with van der Waals surface area (Å²) in [6.07, 6.45) is 0. The van der Waals surface area contributed by atoms with Crippen LogP contribution in [-0.2, 0) is 4.79 Å². The summed E-state index contributed by atoms with van der Waals surface area (Å²) in [5.41, 5.74) is 7.60. The molecular formula is C14H22N2O3. The molecule has 0 aliphatic carbocycles. The number of carboxylic acid groups (broad SMARTS) is 1. The lowest BCUT2D eigenvalue weighted by atomic mass is 9.94. The van der Waals surface area contributed by atoms with Gasteiger partial charge in [0.25, 0.3) is 0 Å². The number of nitrogens with two attached hydrogens (primary N) is 1. The van der Waals surface area contributed by atoms with Crippen LogP contribution in [0.5, 0.6) is 5.75 Å². The van der Waals surface area contributed by atoms with Gasteiger partial charge >= 0.3 is 5.97 Å². The van der Waals surface area contributed by atoms with Crippen LogP contribution in [0.3, 0.4) is 0 Å². The number of rotatable bonds is 6. The van der Waals surface area contributed by atoms with E-state index in [9.17, 15) is 4.79 Å². The molecule has 0 fully saturated rings. The molecule has 0 aromatic heterocycles. The van der Waals surface area contributed by atoms with Crippen molar-refractivity contribution >= 4 is 5.97 Å². The van der Waals surface area contributed by atoms with Crippen LogP contribution in [0.4, 0.5) is 0 Å². The topological polar surface area (TPSA) is 84.6 Å². The van der Waals surface area contributed by atoms with Gasteiger partial charge in [-0.1, -0.05) is 26.0 Å². The smallest absolute Gasteiger partial charge is 0.322 e. The van der Waals surface area contributed by atoms with Crippen LogP contribution in [0.25, 0.3) is 0 Å². The summed E-state index contributed by atoms with van der Waals surface area (Å²) >= 11 is 0. The third-order valence-corrected chi connectivity index (χ3v) is 3.21. The first kappa shape index (κ1) is 15.5. The summed E-state index contributed by atoms with van der Waals surface area (Å²) < 4.78 is 5.36. The lowest BCUT2D eigenvalue weighted by Gasteiger charge is -2.23. The van der Waals surface area contributed by atoms with Crippen molar-refractivity contribution in [2.24, 2.45) is 5.73 Å². The molecule has 19 heavy (non-hydrogen) atoms. The standard InChI is InChI=1S/C14H22N2O3/c1-8(2)9-5-6-10(11(7-9)19-4)13(16-3)12(15)14(17)18/h5-8,12-13,16H,15H2,1-4H3,(H,17,18). The second-order valence-corrected chi connectivity index (χ2v) is 4.79. The van der Waals surface area contributed by atoms with Crippen molar-refractivity contribution in [2.75, 3.05) is 14.2 Å². The van der Waals surface area contributed by atoms with Crippen LogP contribution >= 0.6 is 0 Å². The molecule has 0 radical (unpaired) electrons. The van der Waals surface area contributed by atoms with Gasteiger partial charge in [0.1, 0.15) is 11.8 Å². The summed E-state index contributed by atoms with van der Waals surface area (Å²) in [6.45, 7) is 4.18. The number of carboxylic acids is 1. The lowest BCUT2D eigenvalue weighted by molar-refractivity contribution is -0.139. The number of aliphatic carboxylic acids is 1. The van der Waals surface area contributed by atoms with Crippen molar-refractivity contribution < 1.29 is 14.6 Å². The van der Waals surface area contributed by atoms with Crippen LogP contribution in [-0.4, -0.2) is 31.3 Å². The SMILES string of the molecule is CNC(c1ccc(C(C)C)cc1OC)C(N)C(=O)O. The lowest BCUT2D eigenvalue weighted by Crippen LogP contribution is -2.42. The van der Waals surface area contributed by atoms with Crippen LogP contribution in [0, 0.1) is 0 Å². The molecule has 1 aromatic carbocycles. The van der Waals surface area contributed by atoms with E-state index in [0.29, 0.717) is 11.7 Å². The Morgan fingerprint density at radius 3 is 2.47 bits per heavy atom. The number of nitrogens with one attached hydrogen (secondary N) is 1. The fourth-order valence-electron chi connectivity index (χ4n) is 2.01. The second kappa shape index (κ2) is 6.54. The van der Waals surface area contributed by atoms with Gasteiger partial charge < -0.3 is 20.9 Å². The van der Waals surface area contributed by atoms with Crippen molar-refractivity contribution in [3.05, 3.63) is 29.3 Å². The highest BCUT2D eigenvalue weighted by Gasteiger charge is 2.27. The van der Waals surface area contributed by atoms with Crippen LogP contribution in [0.1, 0.15) is 36.9 Å². The van der Waals surface area contributed by atoms with E-state index in [1.807, 2.05) is 18.2 Å². The number of hydrogen-bond donors (Lipinski definition) is 3. The maximum absolute atomic E-state index is 11.0. The summed E-state index contributed by atoms with van der Waals surface area (Å²) in [4.78, 5) is 11.0. The zero-order valence-electron chi connectivity index (χ0n) is 11.8. The monoisotopic (exact) mass is 266 g/mol. The Kier molecular flexibility index (Phi) is 5.32. The van der Waals surface area contributed by atoms with E-state index in [1.54, 1.807) is 14.2 Å². The summed E-state index contributed by atoms with van der Waals surface area (Å²) in [5, 5.41) is 12.0. The maximum atomic E-state index is 11.0. The number of likely N-dealkylation sites (N-methyl/N-ethyl adjacent to an activating group) is 1. The molecule has 2 atom stereocenters. The average molecular weight is 266 g/mol. The van der Waals surface area contributed by atoms with Crippen molar-refractivity contribution in [1.82, 2.24) is 5.32 Å². The van der Waals surface area contributed by atoms with Gasteiger partial charge in [-0.15, -0.1) is 0 Å². The van der Waals surface area contributed by atoms with Crippen molar-refractivity contribution in [3.63, 3.8) is 0 Å². The Balaban J connectivity index is 3.20. The largest absolute Gasteiger partial charge is 0.496 e. The normalized spacial score (nSPS) is 14.2. The molecule has 0 aliphatic heterocycles. The van der Waals surface area contributed by atoms with Gasteiger partial charge in [0.15, 0.2) is 0 Å². The van der Waals surface area contributed by atoms with E-state index >= 15 is 0 Å². The molecule has 0 saturated heterocycles. The molecule has 1 rings (SSSR count). The van der Waals surface area contributed by atoms with Gasteiger partial charge in [-0.2, -0.15) is 0 Å². The van der Waals surface area contributed by atoms with Gasteiger partial charge in [0.2, 0.25) is 0 Å². The van der Waals surface area contributed by atoms with Crippen LogP contribution in [0.15, 0.2) is 18.2 Å². The fraction of sp³-hybridized carbons (Fsp3) is 0.500. The molecule has 2 unspecified atom stereocenters. The second-order valence-electron chi connectivity index (χ2n) is 4.79. The maximum Gasteiger partial charge on any atom is 0.322 e. The molecule has 4 N–H and O–H groups in total. The van der Waals surface area contributed by atoms with E-state index in [0.717, 1.165) is 11.1 Å². The molecule has 106 valence electrons. The van der Waals surface area contributed by atoms with Crippen molar-refractivity contribution in [2.45, 2.75) is 31.8 Å². The summed E-state index contributed by atoms with van der Waals surface area (Å²) in [6, 6.07) is 4.26. The first-order valence-corrected chi connectivity index (χ1v) is 6.25. The number of methoxy groups -OCH3 is 1. The van der Waals surface area contributed by atoms with E-state index in [1.165, 1.54) is 0 Å². The fourth-order valence-corrected chi connectivity index (χ4v) is 2.01. The van der Waals surface area contributed by atoms with Gasteiger partial charge in [0.05, 0.1) is 13.2 Å². The Morgan fingerprint density at radius 2 is 2.05 bits per heavy atom. The molecule has 0 saturated carbocycles. The minimum atomic E-state index is -1.05. The van der Waals surface area contributed by atoms with E-state index in [-0.39, 0.29) is 0 Å². The molecule has 0 spiro atoms. The van der Waals surface area contributed by atoms with Gasteiger partial charge in [-0.05, 0) is 24.6 Å². The highest BCUT2D eigenvalue weighted by Crippen LogP contribution is 2.30. The van der Waals surface area contributed by atoms with E-state index in [2.05, 4.69) is 19.2 Å². The third-order valence-electron chi connectivity index (χ3n) is 3.21. The van der Waals surface area contributed by atoms with Crippen molar-refractivity contribution in [3.8, 4) is 5.75 Å². The molecule has 5 heteroatoms. The molecule has 1 aromatic rings.